The molecule has 1 aromatic rings. The monoisotopic (exact) mass is 241 g/mol. The standard InChI is InChI=1S/C12H20ClN3/c1-9(2)5-3-7-11(16-14)12-10(13)6-4-8-15-12/h4,6,8-9,11,16H,3,5,7,14H2,1-2H3. The Labute approximate surface area is 102 Å². The number of hydrazine groups is 1. The van der Waals surface area contributed by atoms with Crippen molar-refractivity contribution in [3.8, 4) is 0 Å². The molecule has 1 rings (SSSR count). The molecular formula is C12H20ClN3. The summed E-state index contributed by atoms with van der Waals surface area (Å²) in [6.45, 7) is 4.44. The minimum Gasteiger partial charge on any atom is -0.271 e. The van der Waals surface area contributed by atoms with Crippen LogP contribution in [0.25, 0.3) is 0 Å². The van der Waals surface area contributed by atoms with Crippen molar-refractivity contribution in [2.45, 2.75) is 39.2 Å². The Morgan fingerprint density at radius 1 is 1.44 bits per heavy atom. The maximum absolute atomic E-state index is 6.08. The van der Waals surface area contributed by atoms with Gasteiger partial charge in [-0.3, -0.25) is 16.3 Å². The van der Waals surface area contributed by atoms with Crippen molar-refractivity contribution in [1.29, 1.82) is 0 Å². The van der Waals surface area contributed by atoms with Crippen molar-refractivity contribution in [2.24, 2.45) is 11.8 Å². The summed E-state index contributed by atoms with van der Waals surface area (Å²) >= 11 is 6.08. The number of rotatable bonds is 6. The number of hydrogen-bond acceptors (Lipinski definition) is 3. The second kappa shape index (κ2) is 6.84. The molecule has 16 heavy (non-hydrogen) atoms. The van der Waals surface area contributed by atoms with E-state index in [1.54, 1.807) is 6.20 Å². The van der Waals surface area contributed by atoms with Gasteiger partial charge in [-0.2, -0.15) is 0 Å². The third-order valence-corrected chi connectivity index (χ3v) is 2.91. The molecule has 4 heteroatoms. The third-order valence-electron chi connectivity index (χ3n) is 2.59. The van der Waals surface area contributed by atoms with Crippen LogP contribution in [0.3, 0.4) is 0 Å². The number of nitrogens with one attached hydrogen (secondary N) is 1. The zero-order valence-corrected chi connectivity index (χ0v) is 10.7. The molecule has 3 N–H and O–H groups in total. The van der Waals surface area contributed by atoms with Crippen LogP contribution in [0.15, 0.2) is 18.3 Å². The Morgan fingerprint density at radius 2 is 2.19 bits per heavy atom. The van der Waals surface area contributed by atoms with Gasteiger partial charge in [-0.15, -0.1) is 0 Å². The van der Waals surface area contributed by atoms with E-state index >= 15 is 0 Å². The van der Waals surface area contributed by atoms with Crippen LogP contribution in [0.2, 0.25) is 5.02 Å². The fraction of sp³-hybridized carbons (Fsp3) is 0.583. The van der Waals surface area contributed by atoms with Crippen molar-refractivity contribution in [2.75, 3.05) is 0 Å². The van der Waals surface area contributed by atoms with E-state index in [-0.39, 0.29) is 6.04 Å². The van der Waals surface area contributed by atoms with E-state index in [2.05, 4.69) is 24.3 Å². The molecule has 1 aromatic heterocycles. The van der Waals surface area contributed by atoms with Crippen LogP contribution in [-0.4, -0.2) is 4.98 Å². The van der Waals surface area contributed by atoms with E-state index < -0.39 is 0 Å². The first-order valence-electron chi connectivity index (χ1n) is 5.71. The summed E-state index contributed by atoms with van der Waals surface area (Å²) in [5, 5.41) is 0.676. The fourth-order valence-corrected chi connectivity index (χ4v) is 1.94. The predicted molar refractivity (Wildman–Crippen MR) is 68.0 cm³/mol. The first-order valence-corrected chi connectivity index (χ1v) is 6.09. The molecule has 0 spiro atoms. The number of halogens is 1. The third kappa shape index (κ3) is 4.08. The highest BCUT2D eigenvalue weighted by atomic mass is 35.5. The molecular weight excluding hydrogens is 222 g/mol. The van der Waals surface area contributed by atoms with Gasteiger partial charge in [0, 0.05) is 6.20 Å². The number of nitrogens with zero attached hydrogens (tertiary/aromatic N) is 1. The van der Waals surface area contributed by atoms with Gasteiger partial charge in [-0.05, 0) is 24.5 Å². The van der Waals surface area contributed by atoms with Crippen molar-refractivity contribution >= 4 is 11.6 Å². The molecule has 0 aliphatic carbocycles. The molecule has 1 heterocycles. The van der Waals surface area contributed by atoms with Crippen LogP contribution in [0, 0.1) is 5.92 Å². The molecule has 3 nitrogen and oxygen atoms in total. The lowest BCUT2D eigenvalue weighted by Crippen LogP contribution is -2.29. The van der Waals surface area contributed by atoms with Crippen molar-refractivity contribution in [3.63, 3.8) is 0 Å². The summed E-state index contributed by atoms with van der Waals surface area (Å²) in [5.41, 5.74) is 3.63. The van der Waals surface area contributed by atoms with Crippen LogP contribution in [-0.2, 0) is 0 Å². The van der Waals surface area contributed by atoms with Gasteiger partial charge in [-0.25, -0.2) is 0 Å². The highest BCUT2D eigenvalue weighted by Gasteiger charge is 2.14. The molecule has 0 aromatic carbocycles. The smallest absolute Gasteiger partial charge is 0.0772 e. The largest absolute Gasteiger partial charge is 0.271 e. The Kier molecular flexibility index (Phi) is 5.74. The van der Waals surface area contributed by atoms with Crippen molar-refractivity contribution in [1.82, 2.24) is 10.4 Å². The van der Waals surface area contributed by atoms with Crippen LogP contribution in [0.4, 0.5) is 0 Å². The molecule has 1 atom stereocenters. The fourth-order valence-electron chi connectivity index (χ4n) is 1.68. The van der Waals surface area contributed by atoms with Gasteiger partial charge in [-0.1, -0.05) is 38.3 Å². The minimum atomic E-state index is 0.0486. The molecule has 0 aliphatic heterocycles. The minimum absolute atomic E-state index is 0.0486. The van der Waals surface area contributed by atoms with E-state index in [1.807, 2.05) is 12.1 Å². The highest BCUT2D eigenvalue weighted by molar-refractivity contribution is 6.31. The van der Waals surface area contributed by atoms with Gasteiger partial charge in [0.2, 0.25) is 0 Å². The topological polar surface area (TPSA) is 50.9 Å². The Balaban J connectivity index is 2.57. The molecule has 1 unspecified atom stereocenters. The molecule has 0 aliphatic rings. The normalized spacial score (nSPS) is 13.1. The number of aromatic nitrogens is 1. The van der Waals surface area contributed by atoms with Crippen LogP contribution >= 0.6 is 11.6 Å². The van der Waals surface area contributed by atoms with Gasteiger partial charge in [0.15, 0.2) is 0 Å². The van der Waals surface area contributed by atoms with Gasteiger partial charge in [0.05, 0.1) is 16.8 Å². The second-order valence-corrected chi connectivity index (χ2v) is 4.82. The first kappa shape index (κ1) is 13.4. The Morgan fingerprint density at radius 3 is 2.75 bits per heavy atom. The average molecular weight is 242 g/mol. The SMILES string of the molecule is CC(C)CCCC(NN)c1ncccc1Cl. The van der Waals surface area contributed by atoms with E-state index in [0.29, 0.717) is 5.02 Å². The quantitative estimate of drug-likeness (QED) is 0.595. The molecule has 90 valence electrons. The zero-order valence-electron chi connectivity index (χ0n) is 9.91. The summed E-state index contributed by atoms with van der Waals surface area (Å²) in [4.78, 5) is 4.27. The average Bonchev–Trinajstić information content (AvgIpc) is 2.25. The summed E-state index contributed by atoms with van der Waals surface area (Å²) in [6, 6.07) is 3.72. The van der Waals surface area contributed by atoms with E-state index in [9.17, 15) is 0 Å². The molecule has 0 saturated heterocycles. The number of nitrogens with two attached hydrogens (primary N) is 1. The van der Waals surface area contributed by atoms with Gasteiger partial charge in [0.25, 0.3) is 0 Å². The molecule has 0 amide bonds. The maximum Gasteiger partial charge on any atom is 0.0772 e. The Hall–Kier alpha value is -0.640. The van der Waals surface area contributed by atoms with Gasteiger partial charge in [0.1, 0.15) is 0 Å². The van der Waals surface area contributed by atoms with Crippen LogP contribution in [0.1, 0.15) is 44.8 Å². The zero-order chi connectivity index (χ0) is 12.0. The summed E-state index contributed by atoms with van der Waals surface area (Å²) in [5.74, 6) is 6.26. The van der Waals surface area contributed by atoms with E-state index in [1.165, 1.54) is 6.42 Å². The second-order valence-electron chi connectivity index (χ2n) is 4.41. The molecule has 0 bridgehead atoms. The summed E-state index contributed by atoms with van der Waals surface area (Å²) in [7, 11) is 0. The lowest BCUT2D eigenvalue weighted by atomic mass is 10.0. The van der Waals surface area contributed by atoms with Crippen molar-refractivity contribution < 1.29 is 0 Å². The van der Waals surface area contributed by atoms with Crippen LogP contribution < -0.4 is 11.3 Å². The van der Waals surface area contributed by atoms with Crippen molar-refractivity contribution in [3.05, 3.63) is 29.0 Å². The van der Waals surface area contributed by atoms with Gasteiger partial charge < -0.3 is 0 Å². The summed E-state index contributed by atoms with van der Waals surface area (Å²) < 4.78 is 0. The molecule has 0 saturated carbocycles. The highest BCUT2D eigenvalue weighted by Crippen LogP contribution is 2.24. The lowest BCUT2D eigenvalue weighted by molar-refractivity contribution is 0.448. The van der Waals surface area contributed by atoms with E-state index in [4.69, 9.17) is 17.4 Å². The summed E-state index contributed by atoms with van der Waals surface area (Å²) in [6.07, 6.45) is 5.03. The molecule has 0 radical (unpaired) electrons. The lowest BCUT2D eigenvalue weighted by Gasteiger charge is -2.16. The number of pyridine rings is 1. The maximum atomic E-state index is 6.08. The Bertz CT molecular complexity index is 315. The van der Waals surface area contributed by atoms with E-state index in [0.717, 1.165) is 24.5 Å². The molecule has 0 fully saturated rings. The van der Waals surface area contributed by atoms with Crippen LogP contribution in [0.5, 0.6) is 0 Å². The predicted octanol–water partition coefficient (Wildman–Crippen LogP) is 3.07. The number of hydrogen-bond donors (Lipinski definition) is 2. The van der Waals surface area contributed by atoms with Gasteiger partial charge >= 0.3 is 0 Å². The first-order chi connectivity index (χ1) is 7.65.